The van der Waals surface area contributed by atoms with Gasteiger partial charge in [0.25, 0.3) is 11.8 Å². The summed E-state index contributed by atoms with van der Waals surface area (Å²) in [6.45, 7) is 5.05. The van der Waals surface area contributed by atoms with Crippen LogP contribution in [0.3, 0.4) is 0 Å². The normalized spacial score (nSPS) is 20.0. The highest BCUT2D eigenvalue weighted by atomic mass is 16.6. The number of methoxy groups -OCH3 is 1. The second-order valence-electron chi connectivity index (χ2n) is 11.4. The molecule has 3 aromatic rings. The van der Waals surface area contributed by atoms with Crippen LogP contribution in [-0.2, 0) is 11.3 Å². The molecule has 0 unspecified atom stereocenters. The molecule has 3 heterocycles. The fourth-order valence-corrected chi connectivity index (χ4v) is 6.41. The predicted molar refractivity (Wildman–Crippen MR) is 162 cm³/mol. The molecule has 3 amide bonds. The molecule has 224 valence electrons. The summed E-state index contributed by atoms with van der Waals surface area (Å²) in [5, 5.41) is 0. The predicted octanol–water partition coefficient (Wildman–Crippen LogP) is 5.31. The van der Waals surface area contributed by atoms with Gasteiger partial charge in [0.2, 0.25) is 0 Å². The third-order valence-corrected chi connectivity index (χ3v) is 8.70. The van der Waals surface area contributed by atoms with E-state index in [1.165, 1.54) is 0 Å². The zero-order valence-corrected chi connectivity index (χ0v) is 24.7. The number of hydrogen-bond acceptors (Lipinski definition) is 6. The molecule has 3 aliphatic rings. The monoisotopic (exact) mass is 583 g/mol. The number of hydrogen-bond donors (Lipinski definition) is 0. The van der Waals surface area contributed by atoms with Crippen molar-refractivity contribution in [2.24, 2.45) is 5.92 Å². The minimum Gasteiger partial charge on any atom is -0.493 e. The number of piperidine rings is 1. The molecule has 3 fully saturated rings. The van der Waals surface area contributed by atoms with E-state index in [1.807, 2.05) is 53.1 Å². The van der Waals surface area contributed by atoms with E-state index in [1.54, 1.807) is 42.3 Å². The van der Waals surface area contributed by atoms with Crippen LogP contribution < -0.4 is 14.4 Å². The van der Waals surface area contributed by atoms with Crippen LogP contribution in [0.5, 0.6) is 11.5 Å². The molecule has 9 nitrogen and oxygen atoms in total. The number of fused-ring (bicyclic) bond motifs is 1. The molecule has 0 spiro atoms. The Morgan fingerprint density at radius 2 is 1.72 bits per heavy atom. The molecular formula is C34H37N3O6. The number of carbonyl (C=O) groups is 3. The van der Waals surface area contributed by atoms with E-state index < -0.39 is 0 Å². The maximum Gasteiger partial charge on any atom is 0.414 e. The van der Waals surface area contributed by atoms with Gasteiger partial charge in [0.15, 0.2) is 11.5 Å². The first-order valence-corrected chi connectivity index (χ1v) is 14.9. The van der Waals surface area contributed by atoms with Crippen molar-refractivity contribution >= 4 is 23.6 Å². The zero-order valence-electron chi connectivity index (χ0n) is 24.7. The second-order valence-corrected chi connectivity index (χ2v) is 11.4. The van der Waals surface area contributed by atoms with Gasteiger partial charge in [-0.25, -0.2) is 4.79 Å². The van der Waals surface area contributed by atoms with Crippen LogP contribution in [0.1, 0.15) is 51.1 Å². The standard InChI is InChI=1S/C34H37N3O6/c1-23-18-30(41-2)31(43-22-24-8-4-3-5-9-24)19-28(23)33(39)37-15-6-10-26-20-35(21-29(26)37)32(38)25-11-13-27(14-12-25)36-16-7-17-42-34(36)40/h3-5,8-9,11-14,18-19,26,29H,6-7,10,15-17,20-22H2,1-2H3/t26-,29+/m1/s1. The number of aryl methyl sites for hydroxylation is 1. The van der Waals surface area contributed by atoms with Gasteiger partial charge >= 0.3 is 6.09 Å². The molecule has 3 saturated heterocycles. The number of benzene rings is 3. The fourth-order valence-electron chi connectivity index (χ4n) is 6.41. The number of cyclic esters (lactones) is 1. The summed E-state index contributed by atoms with van der Waals surface area (Å²) in [7, 11) is 1.60. The molecule has 0 N–H and O–H groups in total. The highest BCUT2D eigenvalue weighted by molar-refractivity contribution is 5.98. The van der Waals surface area contributed by atoms with Crippen LogP contribution in [-0.4, -0.2) is 73.6 Å². The molecular weight excluding hydrogens is 546 g/mol. The average Bonchev–Trinajstić information content (AvgIpc) is 3.49. The van der Waals surface area contributed by atoms with Crippen LogP contribution in [0.2, 0.25) is 0 Å². The van der Waals surface area contributed by atoms with Crippen molar-refractivity contribution in [3.63, 3.8) is 0 Å². The lowest BCUT2D eigenvalue weighted by Gasteiger charge is -2.37. The molecule has 2 atom stereocenters. The highest BCUT2D eigenvalue weighted by Gasteiger charge is 2.43. The van der Waals surface area contributed by atoms with Crippen LogP contribution >= 0.6 is 0 Å². The van der Waals surface area contributed by atoms with Crippen LogP contribution in [0.4, 0.5) is 10.5 Å². The topological polar surface area (TPSA) is 88.6 Å². The Morgan fingerprint density at radius 1 is 0.930 bits per heavy atom. The van der Waals surface area contributed by atoms with Gasteiger partial charge in [-0.2, -0.15) is 0 Å². The van der Waals surface area contributed by atoms with Gasteiger partial charge in [-0.1, -0.05) is 30.3 Å². The molecule has 0 bridgehead atoms. The van der Waals surface area contributed by atoms with Crippen LogP contribution in [0, 0.1) is 12.8 Å². The highest BCUT2D eigenvalue weighted by Crippen LogP contribution is 2.36. The number of rotatable bonds is 7. The number of amides is 3. The van der Waals surface area contributed by atoms with Crippen molar-refractivity contribution < 1.29 is 28.6 Å². The fraction of sp³-hybridized carbons (Fsp3) is 0.382. The lowest BCUT2D eigenvalue weighted by atomic mass is 9.91. The smallest absolute Gasteiger partial charge is 0.414 e. The third kappa shape index (κ3) is 5.89. The summed E-state index contributed by atoms with van der Waals surface area (Å²) in [6.07, 6.45) is 2.28. The van der Waals surface area contributed by atoms with E-state index in [2.05, 4.69) is 0 Å². The number of ether oxygens (including phenoxy) is 3. The Kier molecular flexibility index (Phi) is 8.22. The van der Waals surface area contributed by atoms with Gasteiger partial charge in [-0.05, 0) is 79.6 Å². The van der Waals surface area contributed by atoms with Crippen molar-refractivity contribution in [2.75, 3.05) is 44.8 Å². The van der Waals surface area contributed by atoms with Gasteiger partial charge in [0.1, 0.15) is 6.61 Å². The van der Waals surface area contributed by atoms with Gasteiger partial charge in [-0.15, -0.1) is 0 Å². The summed E-state index contributed by atoms with van der Waals surface area (Å²) < 4.78 is 16.8. The Morgan fingerprint density at radius 3 is 2.47 bits per heavy atom. The zero-order chi connectivity index (χ0) is 29.9. The SMILES string of the molecule is COc1cc(C)c(C(=O)N2CCC[C@@H]3CN(C(=O)c4ccc(N5CCCOC5=O)cc4)C[C@@H]32)cc1OCc1ccccc1. The summed E-state index contributed by atoms with van der Waals surface area (Å²) in [5.74, 6) is 1.22. The van der Waals surface area contributed by atoms with E-state index in [-0.39, 0.29) is 29.9 Å². The average molecular weight is 584 g/mol. The van der Waals surface area contributed by atoms with Crippen LogP contribution in [0.25, 0.3) is 0 Å². The van der Waals surface area contributed by atoms with E-state index >= 15 is 0 Å². The largest absolute Gasteiger partial charge is 0.493 e. The van der Waals surface area contributed by atoms with Crippen molar-refractivity contribution in [3.8, 4) is 11.5 Å². The Labute approximate surface area is 251 Å². The first kappa shape index (κ1) is 28.6. The molecule has 3 aromatic carbocycles. The molecule has 43 heavy (non-hydrogen) atoms. The van der Waals surface area contributed by atoms with Crippen molar-refractivity contribution in [2.45, 2.75) is 38.8 Å². The molecule has 0 aromatic heterocycles. The van der Waals surface area contributed by atoms with Gasteiger partial charge in [-0.3, -0.25) is 14.5 Å². The third-order valence-electron chi connectivity index (χ3n) is 8.70. The van der Waals surface area contributed by atoms with Gasteiger partial charge in [0, 0.05) is 43.0 Å². The minimum atomic E-state index is -0.360. The van der Waals surface area contributed by atoms with Crippen LogP contribution in [0.15, 0.2) is 66.7 Å². The quantitative estimate of drug-likeness (QED) is 0.375. The van der Waals surface area contributed by atoms with Crippen molar-refractivity contribution in [1.29, 1.82) is 0 Å². The maximum absolute atomic E-state index is 14.0. The molecule has 0 aliphatic carbocycles. The lowest BCUT2D eigenvalue weighted by Crippen LogP contribution is -2.48. The Hall–Kier alpha value is -4.53. The van der Waals surface area contributed by atoms with E-state index in [9.17, 15) is 14.4 Å². The first-order chi connectivity index (χ1) is 20.9. The number of likely N-dealkylation sites (tertiary alicyclic amines) is 2. The number of carbonyl (C=O) groups excluding carboxylic acids is 3. The summed E-state index contributed by atoms with van der Waals surface area (Å²) in [6, 6.07) is 20.6. The summed E-state index contributed by atoms with van der Waals surface area (Å²) in [4.78, 5) is 45.1. The van der Waals surface area contributed by atoms with Gasteiger partial charge in [0.05, 0.1) is 19.8 Å². The Balaban J connectivity index is 1.16. The maximum atomic E-state index is 14.0. The molecule has 0 saturated carbocycles. The number of anilines is 1. The van der Waals surface area contributed by atoms with E-state index in [0.717, 1.165) is 36.1 Å². The number of nitrogens with zero attached hydrogens (tertiary/aromatic N) is 3. The molecule has 0 radical (unpaired) electrons. The first-order valence-electron chi connectivity index (χ1n) is 14.9. The minimum absolute atomic E-state index is 0.0496. The van der Waals surface area contributed by atoms with E-state index in [0.29, 0.717) is 62.0 Å². The van der Waals surface area contributed by atoms with Crippen molar-refractivity contribution in [3.05, 3.63) is 89.0 Å². The summed E-state index contributed by atoms with van der Waals surface area (Å²) >= 11 is 0. The molecule has 6 rings (SSSR count). The Bertz CT molecular complexity index is 1490. The molecule has 9 heteroatoms. The van der Waals surface area contributed by atoms with E-state index in [4.69, 9.17) is 14.2 Å². The van der Waals surface area contributed by atoms with Crippen molar-refractivity contribution in [1.82, 2.24) is 9.80 Å². The second kappa shape index (κ2) is 12.4. The van der Waals surface area contributed by atoms with Gasteiger partial charge < -0.3 is 24.0 Å². The summed E-state index contributed by atoms with van der Waals surface area (Å²) in [5.41, 5.74) is 3.71. The lowest BCUT2D eigenvalue weighted by molar-refractivity contribution is 0.0563. The molecule has 3 aliphatic heterocycles.